The molecule has 0 saturated heterocycles. The van der Waals surface area contributed by atoms with Crippen LogP contribution in [0.4, 0.5) is 13.2 Å². The van der Waals surface area contributed by atoms with E-state index in [-0.39, 0.29) is 5.89 Å². The molecule has 0 spiro atoms. The molecule has 1 N–H and O–H groups in total. The van der Waals surface area contributed by atoms with Gasteiger partial charge in [-0.2, -0.15) is 13.2 Å². The number of nitrogens with zero attached hydrogens (tertiary/aromatic N) is 1. The van der Waals surface area contributed by atoms with Crippen molar-refractivity contribution in [3.05, 3.63) is 41.3 Å². The van der Waals surface area contributed by atoms with Crippen LogP contribution in [0.2, 0.25) is 0 Å². The summed E-state index contributed by atoms with van der Waals surface area (Å²) in [5.74, 6) is -3.74. The largest absolute Gasteiger partial charge is 0.476 e. The first kappa shape index (κ1) is 13.1. The monoisotopic (exact) mass is 271 g/mol. The van der Waals surface area contributed by atoms with Gasteiger partial charge in [-0.1, -0.05) is 18.2 Å². The number of hydrogen-bond acceptors (Lipinski definition) is 3. The van der Waals surface area contributed by atoms with E-state index >= 15 is 0 Å². The number of carbonyl (C=O) groups is 1. The third kappa shape index (κ3) is 2.44. The molecule has 1 aromatic carbocycles. The Bertz CT molecular complexity index is 631. The second-order valence-corrected chi connectivity index (χ2v) is 3.81. The maximum atomic E-state index is 12.6. The smallest absolute Gasteiger partial charge is 0.452 e. The van der Waals surface area contributed by atoms with Gasteiger partial charge in [0.2, 0.25) is 11.7 Å². The van der Waals surface area contributed by atoms with Gasteiger partial charge in [-0.3, -0.25) is 0 Å². The summed E-state index contributed by atoms with van der Waals surface area (Å²) in [6, 6.07) is 6.46. The third-order valence-electron chi connectivity index (χ3n) is 2.46. The number of carboxylic acids is 1. The number of benzene rings is 1. The molecule has 1 heterocycles. The van der Waals surface area contributed by atoms with Gasteiger partial charge in [-0.05, 0) is 18.6 Å². The van der Waals surface area contributed by atoms with E-state index in [0.717, 1.165) is 0 Å². The number of hydrogen-bond donors (Lipinski definition) is 1. The minimum absolute atomic E-state index is 0.320. The average Bonchev–Trinajstić information content (AvgIpc) is 2.74. The molecular weight excluding hydrogens is 263 g/mol. The normalized spacial score (nSPS) is 11.6. The lowest BCUT2D eigenvalue weighted by Crippen LogP contribution is -2.10. The molecule has 0 radical (unpaired) electrons. The second kappa shape index (κ2) is 4.42. The van der Waals surface area contributed by atoms with E-state index < -0.39 is 23.6 Å². The molecule has 19 heavy (non-hydrogen) atoms. The first-order chi connectivity index (χ1) is 8.80. The highest BCUT2D eigenvalue weighted by atomic mass is 19.4. The van der Waals surface area contributed by atoms with E-state index in [1.165, 1.54) is 6.07 Å². The number of aryl methyl sites for hydroxylation is 1. The van der Waals surface area contributed by atoms with Gasteiger partial charge in [0.05, 0.1) is 0 Å². The highest BCUT2D eigenvalue weighted by molar-refractivity contribution is 5.87. The number of rotatable bonds is 2. The molecule has 0 unspecified atom stereocenters. The van der Waals surface area contributed by atoms with Crippen LogP contribution in [0.15, 0.2) is 28.7 Å². The van der Waals surface area contributed by atoms with Crippen molar-refractivity contribution in [1.82, 2.24) is 4.98 Å². The van der Waals surface area contributed by atoms with Crippen LogP contribution in [0.25, 0.3) is 11.5 Å². The third-order valence-corrected chi connectivity index (χ3v) is 2.46. The minimum atomic E-state index is -4.90. The van der Waals surface area contributed by atoms with E-state index in [9.17, 15) is 18.0 Å². The van der Waals surface area contributed by atoms with Gasteiger partial charge in [0.15, 0.2) is 5.69 Å². The van der Waals surface area contributed by atoms with Crippen LogP contribution < -0.4 is 0 Å². The van der Waals surface area contributed by atoms with Crippen LogP contribution in [-0.2, 0) is 6.18 Å². The predicted octanol–water partition coefficient (Wildman–Crippen LogP) is 3.37. The quantitative estimate of drug-likeness (QED) is 0.909. The fraction of sp³-hybridized carbons (Fsp3) is 0.167. The Hall–Kier alpha value is -2.31. The highest BCUT2D eigenvalue weighted by Gasteiger charge is 2.42. The molecule has 0 atom stereocenters. The van der Waals surface area contributed by atoms with Gasteiger partial charge < -0.3 is 9.52 Å². The number of alkyl halides is 3. The molecule has 0 fully saturated rings. The number of carboxylic acid groups (broad SMARTS) is 1. The van der Waals surface area contributed by atoms with E-state index in [2.05, 4.69) is 9.40 Å². The van der Waals surface area contributed by atoms with Crippen LogP contribution in [0.5, 0.6) is 0 Å². The Morgan fingerprint density at radius 2 is 1.95 bits per heavy atom. The summed E-state index contributed by atoms with van der Waals surface area (Å²) in [4.78, 5) is 14.2. The van der Waals surface area contributed by atoms with Gasteiger partial charge in [0.1, 0.15) is 0 Å². The van der Waals surface area contributed by atoms with Crippen molar-refractivity contribution in [2.75, 3.05) is 0 Å². The van der Waals surface area contributed by atoms with Gasteiger partial charge in [-0.25, -0.2) is 9.78 Å². The standard InChI is InChI=1S/C12H8F3NO3/c1-6-4-2-3-5-7(6)10-16-8(11(17)18)9(19-10)12(13,14)15/h2-5H,1H3,(H,17,18). The lowest BCUT2D eigenvalue weighted by Gasteiger charge is -2.02. The van der Waals surface area contributed by atoms with Crippen molar-refractivity contribution in [2.45, 2.75) is 13.1 Å². The van der Waals surface area contributed by atoms with Crippen molar-refractivity contribution in [3.63, 3.8) is 0 Å². The lowest BCUT2D eigenvalue weighted by molar-refractivity contribution is -0.153. The fourth-order valence-corrected chi connectivity index (χ4v) is 1.59. The predicted molar refractivity (Wildman–Crippen MR) is 58.6 cm³/mol. The summed E-state index contributed by atoms with van der Waals surface area (Å²) >= 11 is 0. The summed E-state index contributed by atoms with van der Waals surface area (Å²) in [5, 5.41) is 8.74. The number of halogens is 3. The molecule has 1 aromatic heterocycles. The fourth-order valence-electron chi connectivity index (χ4n) is 1.59. The summed E-state index contributed by atoms with van der Waals surface area (Å²) in [6.07, 6.45) is -4.90. The molecule has 0 amide bonds. The van der Waals surface area contributed by atoms with Crippen molar-refractivity contribution in [2.24, 2.45) is 0 Å². The summed E-state index contributed by atoms with van der Waals surface area (Å²) < 4.78 is 42.5. The molecular formula is C12H8F3NO3. The molecule has 0 aliphatic heterocycles. The first-order valence-electron chi connectivity index (χ1n) is 5.18. The molecule has 2 aromatic rings. The van der Waals surface area contributed by atoms with Gasteiger partial charge >= 0.3 is 12.1 Å². The van der Waals surface area contributed by atoms with Gasteiger partial charge in [-0.15, -0.1) is 0 Å². The zero-order valence-corrected chi connectivity index (χ0v) is 9.65. The van der Waals surface area contributed by atoms with Crippen molar-refractivity contribution >= 4 is 5.97 Å². The van der Waals surface area contributed by atoms with Gasteiger partial charge in [0.25, 0.3) is 0 Å². The molecule has 0 bridgehead atoms. The summed E-state index contributed by atoms with van der Waals surface area (Å²) in [6.45, 7) is 1.66. The van der Waals surface area contributed by atoms with Crippen LogP contribution in [0.1, 0.15) is 21.8 Å². The Labute approximate surface area is 105 Å². The van der Waals surface area contributed by atoms with Crippen molar-refractivity contribution in [3.8, 4) is 11.5 Å². The van der Waals surface area contributed by atoms with E-state index in [1.807, 2.05) is 0 Å². The van der Waals surface area contributed by atoms with Crippen molar-refractivity contribution < 1.29 is 27.5 Å². The molecule has 0 aliphatic carbocycles. The van der Waals surface area contributed by atoms with E-state index in [0.29, 0.717) is 11.1 Å². The van der Waals surface area contributed by atoms with Crippen molar-refractivity contribution in [1.29, 1.82) is 0 Å². The Balaban J connectivity index is 2.62. The molecule has 7 heteroatoms. The number of oxazole rings is 1. The molecule has 0 aliphatic rings. The molecule has 100 valence electrons. The van der Waals surface area contributed by atoms with Crippen LogP contribution in [-0.4, -0.2) is 16.1 Å². The summed E-state index contributed by atoms with van der Waals surface area (Å²) in [7, 11) is 0. The van der Waals surface area contributed by atoms with E-state index in [1.54, 1.807) is 25.1 Å². The molecule has 2 rings (SSSR count). The lowest BCUT2D eigenvalue weighted by atomic mass is 10.1. The van der Waals surface area contributed by atoms with Crippen LogP contribution in [0.3, 0.4) is 0 Å². The second-order valence-electron chi connectivity index (χ2n) is 3.81. The number of aromatic nitrogens is 1. The zero-order valence-electron chi connectivity index (χ0n) is 9.65. The topological polar surface area (TPSA) is 63.3 Å². The maximum Gasteiger partial charge on any atom is 0.452 e. The molecule has 4 nitrogen and oxygen atoms in total. The Morgan fingerprint density at radius 1 is 1.32 bits per heavy atom. The maximum absolute atomic E-state index is 12.6. The minimum Gasteiger partial charge on any atom is -0.476 e. The van der Waals surface area contributed by atoms with E-state index in [4.69, 9.17) is 5.11 Å². The SMILES string of the molecule is Cc1ccccc1-c1nc(C(=O)O)c(C(F)(F)F)o1. The van der Waals surface area contributed by atoms with Gasteiger partial charge in [0, 0.05) is 5.56 Å². The van der Waals surface area contributed by atoms with Crippen LogP contribution >= 0.6 is 0 Å². The summed E-state index contributed by atoms with van der Waals surface area (Å²) in [5.41, 5.74) is -0.180. The average molecular weight is 271 g/mol. The first-order valence-corrected chi connectivity index (χ1v) is 5.18. The zero-order chi connectivity index (χ0) is 14.2. The molecule has 0 saturated carbocycles. The number of aromatic carboxylic acids is 1. The Kier molecular flexibility index (Phi) is 3.05. The van der Waals surface area contributed by atoms with Crippen LogP contribution in [0, 0.1) is 6.92 Å². The Morgan fingerprint density at radius 3 is 2.42 bits per heavy atom. The highest BCUT2D eigenvalue weighted by Crippen LogP contribution is 2.35.